The summed E-state index contributed by atoms with van der Waals surface area (Å²) in [4.78, 5) is 2.86. The molecule has 1 aliphatic heterocycles. The van der Waals surface area contributed by atoms with Crippen LogP contribution in [0.4, 0.5) is 0 Å². The largest absolute Gasteiger partial charge is 0.375 e. The third-order valence-corrected chi connectivity index (χ3v) is 5.84. The molecular formula is C18H34N2O. The average molecular weight is 294 g/mol. The molecule has 4 atom stereocenters. The molecule has 3 aliphatic rings. The van der Waals surface area contributed by atoms with E-state index in [0.717, 1.165) is 19.2 Å². The van der Waals surface area contributed by atoms with Gasteiger partial charge in [-0.1, -0.05) is 32.6 Å². The molecule has 21 heavy (non-hydrogen) atoms. The van der Waals surface area contributed by atoms with Crippen molar-refractivity contribution in [3.05, 3.63) is 0 Å². The fourth-order valence-corrected chi connectivity index (χ4v) is 4.80. The smallest absolute Gasteiger partial charge is 0.0731 e. The maximum atomic E-state index is 6.03. The first-order valence-corrected chi connectivity index (χ1v) is 9.51. The SMILES string of the molecule is CCCNC1CCCCCCC1N1CCOC2CCCC21. The molecule has 1 heterocycles. The molecule has 3 nitrogen and oxygen atoms in total. The Morgan fingerprint density at radius 1 is 0.952 bits per heavy atom. The second-order valence-electron chi connectivity index (χ2n) is 7.26. The van der Waals surface area contributed by atoms with E-state index in [2.05, 4.69) is 17.1 Å². The molecule has 0 amide bonds. The lowest BCUT2D eigenvalue weighted by Gasteiger charge is -2.46. The quantitative estimate of drug-likeness (QED) is 0.861. The van der Waals surface area contributed by atoms with Crippen LogP contribution in [-0.4, -0.2) is 48.8 Å². The first-order chi connectivity index (χ1) is 10.4. The van der Waals surface area contributed by atoms with Crippen molar-refractivity contribution in [3.8, 4) is 0 Å². The number of morpholine rings is 1. The highest BCUT2D eigenvalue weighted by molar-refractivity contribution is 4.96. The Morgan fingerprint density at radius 3 is 2.62 bits per heavy atom. The van der Waals surface area contributed by atoms with E-state index in [1.54, 1.807) is 0 Å². The summed E-state index contributed by atoms with van der Waals surface area (Å²) in [6.45, 7) is 5.58. The van der Waals surface area contributed by atoms with Crippen LogP contribution in [0.5, 0.6) is 0 Å². The second kappa shape index (κ2) is 7.94. The number of hydrogen-bond acceptors (Lipinski definition) is 3. The van der Waals surface area contributed by atoms with Gasteiger partial charge in [-0.05, 0) is 45.1 Å². The lowest BCUT2D eigenvalue weighted by molar-refractivity contribution is -0.0795. The standard InChI is InChI=1S/C18H34N2O/c1-2-12-19-15-8-5-3-4-6-9-16(15)20-13-14-21-18-11-7-10-17(18)20/h15-19H,2-14H2,1H3. The molecule has 0 spiro atoms. The van der Waals surface area contributed by atoms with Gasteiger partial charge >= 0.3 is 0 Å². The zero-order chi connectivity index (χ0) is 14.5. The molecule has 0 aromatic heterocycles. The molecule has 1 saturated heterocycles. The zero-order valence-electron chi connectivity index (χ0n) is 13.9. The van der Waals surface area contributed by atoms with E-state index in [4.69, 9.17) is 4.74 Å². The predicted octanol–water partition coefficient (Wildman–Crippen LogP) is 3.33. The molecular weight excluding hydrogens is 260 g/mol. The van der Waals surface area contributed by atoms with Gasteiger partial charge in [0, 0.05) is 24.7 Å². The molecule has 3 fully saturated rings. The molecule has 1 N–H and O–H groups in total. The first-order valence-electron chi connectivity index (χ1n) is 9.51. The van der Waals surface area contributed by atoms with Gasteiger partial charge in [-0.3, -0.25) is 4.90 Å². The van der Waals surface area contributed by atoms with E-state index in [-0.39, 0.29) is 0 Å². The highest BCUT2D eigenvalue weighted by atomic mass is 16.5. The zero-order valence-corrected chi connectivity index (χ0v) is 13.9. The van der Waals surface area contributed by atoms with Crippen LogP contribution < -0.4 is 5.32 Å². The maximum Gasteiger partial charge on any atom is 0.0731 e. The minimum absolute atomic E-state index is 0.538. The van der Waals surface area contributed by atoms with Crippen LogP contribution in [-0.2, 0) is 4.74 Å². The fraction of sp³-hybridized carbons (Fsp3) is 1.00. The summed E-state index contributed by atoms with van der Waals surface area (Å²) in [7, 11) is 0. The van der Waals surface area contributed by atoms with Crippen molar-refractivity contribution in [1.29, 1.82) is 0 Å². The van der Waals surface area contributed by atoms with Crippen molar-refractivity contribution < 1.29 is 4.74 Å². The number of hydrogen-bond donors (Lipinski definition) is 1. The summed E-state index contributed by atoms with van der Waals surface area (Å²) in [5.74, 6) is 0. The van der Waals surface area contributed by atoms with E-state index in [0.29, 0.717) is 18.2 Å². The van der Waals surface area contributed by atoms with Crippen molar-refractivity contribution >= 4 is 0 Å². The van der Waals surface area contributed by atoms with Crippen LogP contribution in [0.15, 0.2) is 0 Å². The summed E-state index contributed by atoms with van der Waals surface area (Å²) in [6, 6.07) is 2.19. The summed E-state index contributed by atoms with van der Waals surface area (Å²) in [6.07, 6.45) is 14.3. The van der Waals surface area contributed by atoms with Gasteiger partial charge in [0.05, 0.1) is 12.7 Å². The Labute approximate surface area is 130 Å². The Morgan fingerprint density at radius 2 is 1.76 bits per heavy atom. The van der Waals surface area contributed by atoms with Gasteiger partial charge < -0.3 is 10.1 Å². The van der Waals surface area contributed by atoms with E-state index in [1.807, 2.05) is 0 Å². The topological polar surface area (TPSA) is 24.5 Å². The van der Waals surface area contributed by atoms with E-state index in [9.17, 15) is 0 Å². The number of nitrogens with one attached hydrogen (secondary N) is 1. The number of rotatable bonds is 4. The molecule has 3 heteroatoms. The number of ether oxygens (including phenoxy) is 1. The summed E-state index contributed by atoms with van der Waals surface area (Å²) >= 11 is 0. The first kappa shape index (κ1) is 15.8. The fourth-order valence-electron chi connectivity index (χ4n) is 4.80. The molecule has 122 valence electrons. The van der Waals surface area contributed by atoms with Crippen molar-refractivity contribution in [3.63, 3.8) is 0 Å². The third-order valence-electron chi connectivity index (χ3n) is 5.84. The maximum absolute atomic E-state index is 6.03. The molecule has 3 rings (SSSR count). The molecule has 2 aliphatic carbocycles. The van der Waals surface area contributed by atoms with Gasteiger partial charge in [0.25, 0.3) is 0 Å². The van der Waals surface area contributed by atoms with Gasteiger partial charge in [0.2, 0.25) is 0 Å². The Balaban J connectivity index is 1.70. The Bertz CT molecular complexity index is 308. The van der Waals surface area contributed by atoms with Crippen LogP contribution in [0.2, 0.25) is 0 Å². The predicted molar refractivity (Wildman–Crippen MR) is 87.7 cm³/mol. The van der Waals surface area contributed by atoms with Crippen LogP contribution >= 0.6 is 0 Å². The Hall–Kier alpha value is -0.120. The van der Waals surface area contributed by atoms with E-state index >= 15 is 0 Å². The van der Waals surface area contributed by atoms with Crippen LogP contribution in [0, 0.1) is 0 Å². The number of nitrogens with zero attached hydrogens (tertiary/aromatic N) is 1. The van der Waals surface area contributed by atoms with Crippen molar-refractivity contribution in [2.24, 2.45) is 0 Å². The molecule has 0 aromatic carbocycles. The molecule has 2 saturated carbocycles. The van der Waals surface area contributed by atoms with Crippen LogP contribution in [0.25, 0.3) is 0 Å². The van der Waals surface area contributed by atoms with Gasteiger partial charge in [0.15, 0.2) is 0 Å². The third kappa shape index (κ3) is 3.80. The van der Waals surface area contributed by atoms with Gasteiger partial charge in [-0.15, -0.1) is 0 Å². The molecule has 0 bridgehead atoms. The highest BCUT2D eigenvalue weighted by Gasteiger charge is 2.41. The lowest BCUT2D eigenvalue weighted by Crippen LogP contribution is -2.59. The van der Waals surface area contributed by atoms with Gasteiger partial charge in [0.1, 0.15) is 0 Å². The number of fused-ring (bicyclic) bond motifs is 1. The van der Waals surface area contributed by atoms with Crippen LogP contribution in [0.3, 0.4) is 0 Å². The van der Waals surface area contributed by atoms with E-state index < -0.39 is 0 Å². The van der Waals surface area contributed by atoms with E-state index in [1.165, 1.54) is 70.8 Å². The van der Waals surface area contributed by atoms with Crippen molar-refractivity contribution in [1.82, 2.24) is 10.2 Å². The summed E-state index contributed by atoms with van der Waals surface area (Å²) in [5.41, 5.74) is 0. The normalized spacial score (nSPS) is 38.7. The van der Waals surface area contributed by atoms with Crippen molar-refractivity contribution in [2.75, 3.05) is 19.7 Å². The minimum Gasteiger partial charge on any atom is -0.375 e. The monoisotopic (exact) mass is 294 g/mol. The summed E-state index contributed by atoms with van der Waals surface area (Å²) < 4.78 is 6.03. The van der Waals surface area contributed by atoms with Crippen molar-refractivity contribution in [2.45, 2.75) is 95.4 Å². The average Bonchev–Trinajstić information content (AvgIpc) is 2.95. The summed E-state index contributed by atoms with van der Waals surface area (Å²) in [5, 5.41) is 3.88. The van der Waals surface area contributed by atoms with Gasteiger partial charge in [-0.2, -0.15) is 0 Å². The molecule has 0 radical (unpaired) electrons. The molecule has 0 aromatic rings. The lowest BCUT2D eigenvalue weighted by atomic mass is 9.89. The molecule has 4 unspecified atom stereocenters. The second-order valence-corrected chi connectivity index (χ2v) is 7.26. The van der Waals surface area contributed by atoms with Crippen LogP contribution in [0.1, 0.15) is 71.1 Å². The highest BCUT2D eigenvalue weighted by Crippen LogP contribution is 2.34. The minimum atomic E-state index is 0.538. The Kier molecular flexibility index (Phi) is 5.96. The van der Waals surface area contributed by atoms with Gasteiger partial charge in [-0.25, -0.2) is 0 Å².